The van der Waals surface area contributed by atoms with Crippen LogP contribution in [0.15, 0.2) is 67.4 Å². The summed E-state index contributed by atoms with van der Waals surface area (Å²) in [5.74, 6) is 2.12. The highest BCUT2D eigenvalue weighted by atomic mass is 19.3. The standard InChI is InChI=1S/C23H22F2N6/c1-15(28-21-7-10-26-14-27-21)31-18-8-11-30(12-9-18)20-6-5-19(29-23(20)31)16-3-2-4-17(13-16)22(24)25/h2-7,10,13-14,18,22H,1,8-9,11-12H2,(H,26,27,28). The number of nitrogens with one attached hydrogen (secondary N) is 1. The molecule has 31 heavy (non-hydrogen) atoms. The first kappa shape index (κ1) is 19.4. The Morgan fingerprint density at radius 3 is 2.71 bits per heavy atom. The number of anilines is 3. The number of rotatable bonds is 5. The molecule has 6 rings (SSSR count). The van der Waals surface area contributed by atoms with Crippen molar-refractivity contribution in [3.8, 4) is 11.3 Å². The van der Waals surface area contributed by atoms with Crippen LogP contribution in [0.3, 0.4) is 0 Å². The maximum absolute atomic E-state index is 13.2. The predicted molar refractivity (Wildman–Crippen MR) is 117 cm³/mol. The van der Waals surface area contributed by atoms with Crippen molar-refractivity contribution in [3.05, 3.63) is 73.0 Å². The maximum Gasteiger partial charge on any atom is 0.263 e. The van der Waals surface area contributed by atoms with Crippen LogP contribution in [0.2, 0.25) is 0 Å². The van der Waals surface area contributed by atoms with Crippen molar-refractivity contribution < 1.29 is 8.78 Å². The van der Waals surface area contributed by atoms with Crippen molar-refractivity contribution in [2.45, 2.75) is 25.3 Å². The van der Waals surface area contributed by atoms with Crippen LogP contribution < -0.4 is 15.1 Å². The molecular formula is C23H22F2N6. The molecular weight excluding hydrogens is 398 g/mol. The number of halogens is 2. The van der Waals surface area contributed by atoms with Gasteiger partial charge >= 0.3 is 0 Å². The van der Waals surface area contributed by atoms with Crippen LogP contribution in [0, 0.1) is 0 Å². The molecule has 0 saturated carbocycles. The van der Waals surface area contributed by atoms with Gasteiger partial charge in [-0.05, 0) is 37.1 Å². The van der Waals surface area contributed by atoms with E-state index in [1.165, 1.54) is 18.5 Å². The Bertz CT molecular complexity index is 1100. The molecule has 0 radical (unpaired) electrons. The Hall–Kier alpha value is -3.55. The lowest BCUT2D eigenvalue weighted by Gasteiger charge is -2.34. The number of hydrogen-bond donors (Lipinski definition) is 1. The number of aromatic nitrogens is 3. The monoisotopic (exact) mass is 420 g/mol. The average molecular weight is 420 g/mol. The third-order valence-corrected chi connectivity index (χ3v) is 5.83. The Morgan fingerprint density at radius 2 is 1.97 bits per heavy atom. The molecule has 1 N–H and O–H groups in total. The van der Waals surface area contributed by atoms with Crippen LogP contribution in [0.5, 0.6) is 0 Å². The molecule has 2 bridgehead atoms. The van der Waals surface area contributed by atoms with Gasteiger partial charge in [-0.15, -0.1) is 0 Å². The normalized spacial score (nSPS) is 15.7. The van der Waals surface area contributed by atoms with Crippen molar-refractivity contribution in [2.24, 2.45) is 0 Å². The first-order chi connectivity index (χ1) is 15.1. The Balaban J connectivity index is 1.56. The molecule has 0 atom stereocenters. The van der Waals surface area contributed by atoms with Crippen molar-refractivity contribution in [1.82, 2.24) is 15.0 Å². The molecule has 1 fully saturated rings. The van der Waals surface area contributed by atoms with E-state index in [4.69, 9.17) is 4.98 Å². The number of fused-ring (bicyclic) bond motifs is 2. The fourth-order valence-electron chi connectivity index (χ4n) is 4.32. The summed E-state index contributed by atoms with van der Waals surface area (Å²) in [6.07, 6.45) is 2.60. The SMILES string of the molecule is C=C(Nc1ccncn1)N1c2nc(-c3cccc(C(F)F)c3)ccc2N2CCC1CC2. The zero-order valence-corrected chi connectivity index (χ0v) is 16.9. The largest absolute Gasteiger partial charge is 0.368 e. The smallest absolute Gasteiger partial charge is 0.263 e. The van der Waals surface area contributed by atoms with Gasteiger partial charge in [-0.3, -0.25) is 0 Å². The van der Waals surface area contributed by atoms with Gasteiger partial charge < -0.3 is 15.1 Å². The lowest BCUT2D eigenvalue weighted by Crippen LogP contribution is -2.41. The van der Waals surface area contributed by atoms with Crippen LogP contribution in [0.25, 0.3) is 11.3 Å². The third-order valence-electron chi connectivity index (χ3n) is 5.83. The van der Waals surface area contributed by atoms with E-state index in [2.05, 4.69) is 31.7 Å². The number of hydrogen-bond acceptors (Lipinski definition) is 6. The fourth-order valence-corrected chi connectivity index (χ4v) is 4.32. The van der Waals surface area contributed by atoms with E-state index in [0.717, 1.165) is 37.4 Å². The highest BCUT2D eigenvalue weighted by molar-refractivity contribution is 5.76. The van der Waals surface area contributed by atoms with Gasteiger partial charge in [-0.1, -0.05) is 24.8 Å². The minimum Gasteiger partial charge on any atom is -0.368 e. The van der Waals surface area contributed by atoms with E-state index in [1.54, 1.807) is 18.3 Å². The number of benzene rings is 1. The molecule has 3 aliphatic heterocycles. The van der Waals surface area contributed by atoms with Gasteiger partial charge in [0.1, 0.15) is 18.0 Å². The second-order valence-electron chi connectivity index (χ2n) is 7.72. The van der Waals surface area contributed by atoms with E-state index in [-0.39, 0.29) is 11.6 Å². The molecule has 0 unspecified atom stereocenters. The number of alkyl halides is 2. The average Bonchev–Trinajstić information content (AvgIpc) is 3.05. The van der Waals surface area contributed by atoms with Crippen LogP contribution in [0.1, 0.15) is 24.8 Å². The van der Waals surface area contributed by atoms with E-state index >= 15 is 0 Å². The first-order valence-electron chi connectivity index (χ1n) is 10.3. The summed E-state index contributed by atoms with van der Waals surface area (Å²) in [5.41, 5.74) is 2.34. The van der Waals surface area contributed by atoms with Gasteiger partial charge in [0.05, 0.1) is 11.4 Å². The molecule has 6 nitrogen and oxygen atoms in total. The molecule has 1 aromatic carbocycles. The number of piperidine rings is 1. The van der Waals surface area contributed by atoms with E-state index < -0.39 is 6.43 Å². The molecule has 5 heterocycles. The summed E-state index contributed by atoms with van der Waals surface area (Å²) in [4.78, 5) is 17.6. The quantitative estimate of drug-likeness (QED) is 0.637. The second-order valence-corrected chi connectivity index (χ2v) is 7.72. The van der Waals surface area contributed by atoms with Gasteiger partial charge in [0.2, 0.25) is 0 Å². The van der Waals surface area contributed by atoms with Crippen molar-refractivity contribution in [1.29, 1.82) is 0 Å². The third kappa shape index (κ3) is 3.69. The zero-order valence-electron chi connectivity index (χ0n) is 16.9. The fraction of sp³-hybridized carbons (Fsp3) is 0.261. The summed E-state index contributed by atoms with van der Waals surface area (Å²) >= 11 is 0. The lowest BCUT2D eigenvalue weighted by atomic mass is 10.1. The summed E-state index contributed by atoms with van der Waals surface area (Å²) in [6.45, 7) is 6.15. The molecule has 3 aliphatic rings. The number of nitrogens with zero attached hydrogens (tertiary/aromatic N) is 5. The van der Waals surface area contributed by atoms with Crippen LogP contribution in [-0.2, 0) is 0 Å². The summed E-state index contributed by atoms with van der Waals surface area (Å²) in [7, 11) is 0. The van der Waals surface area contributed by atoms with E-state index in [0.29, 0.717) is 22.9 Å². The summed E-state index contributed by atoms with van der Waals surface area (Å²) < 4.78 is 26.4. The van der Waals surface area contributed by atoms with E-state index in [1.807, 2.05) is 18.2 Å². The molecule has 0 aliphatic carbocycles. The molecule has 0 spiro atoms. The molecule has 0 amide bonds. The summed E-state index contributed by atoms with van der Waals surface area (Å²) in [6, 6.07) is 12.4. The van der Waals surface area contributed by atoms with Gasteiger partial charge in [0, 0.05) is 36.5 Å². The predicted octanol–water partition coefficient (Wildman–Crippen LogP) is 4.85. The van der Waals surface area contributed by atoms with Gasteiger partial charge in [0.25, 0.3) is 6.43 Å². The minimum atomic E-state index is -2.52. The first-order valence-corrected chi connectivity index (χ1v) is 10.3. The Labute approximate surface area is 179 Å². The molecule has 3 aromatic rings. The Kier molecular flexibility index (Phi) is 4.97. The highest BCUT2D eigenvalue weighted by Gasteiger charge is 2.35. The van der Waals surface area contributed by atoms with Crippen LogP contribution in [-0.4, -0.2) is 34.1 Å². The second kappa shape index (κ2) is 7.94. The summed E-state index contributed by atoms with van der Waals surface area (Å²) in [5, 5.41) is 3.27. The molecule has 1 saturated heterocycles. The van der Waals surface area contributed by atoms with Crippen molar-refractivity contribution in [2.75, 3.05) is 28.2 Å². The van der Waals surface area contributed by atoms with Crippen LogP contribution >= 0.6 is 0 Å². The highest BCUT2D eigenvalue weighted by Crippen LogP contribution is 2.41. The molecule has 158 valence electrons. The van der Waals surface area contributed by atoms with Gasteiger partial charge in [-0.2, -0.15) is 0 Å². The molecule has 2 aromatic heterocycles. The van der Waals surface area contributed by atoms with Crippen molar-refractivity contribution in [3.63, 3.8) is 0 Å². The lowest BCUT2D eigenvalue weighted by molar-refractivity contribution is 0.151. The van der Waals surface area contributed by atoms with Crippen molar-refractivity contribution >= 4 is 17.3 Å². The zero-order chi connectivity index (χ0) is 21.4. The minimum absolute atomic E-state index is 0.00948. The van der Waals surface area contributed by atoms with E-state index in [9.17, 15) is 8.78 Å². The maximum atomic E-state index is 13.2. The topological polar surface area (TPSA) is 57.2 Å². The Morgan fingerprint density at radius 1 is 1.13 bits per heavy atom. The van der Waals surface area contributed by atoms with Gasteiger partial charge in [-0.25, -0.2) is 23.7 Å². The van der Waals surface area contributed by atoms with Gasteiger partial charge in [0.15, 0.2) is 5.82 Å². The molecule has 8 heteroatoms. The number of pyridine rings is 1. The van der Waals surface area contributed by atoms with Crippen LogP contribution in [0.4, 0.5) is 26.1 Å².